The van der Waals surface area contributed by atoms with Crippen LogP contribution in [0.5, 0.6) is 0 Å². The summed E-state index contributed by atoms with van der Waals surface area (Å²) >= 11 is 0. The highest BCUT2D eigenvalue weighted by Gasteiger charge is 2.34. The molecule has 1 amide bonds. The van der Waals surface area contributed by atoms with E-state index in [2.05, 4.69) is 32.1 Å². The SMILES string of the molecule is C=CC[C@H](C)[C@@H](C)S(=O)(=NS(C)(C)C(C)(C)C)NC(=O)O[C@@H](C)c1ccccc1. The fourth-order valence-corrected chi connectivity index (χ4v) is 7.45. The number of ether oxygens (including phenoxy) is 1. The average Bonchev–Trinajstić information content (AvgIpc) is 2.60. The Bertz CT molecular complexity index is 807. The number of hydrogen-bond acceptors (Lipinski definition) is 4. The van der Waals surface area contributed by atoms with Crippen LogP contribution in [0.15, 0.2) is 46.8 Å². The summed E-state index contributed by atoms with van der Waals surface area (Å²) in [5, 5.41) is -0.353. The molecule has 1 aromatic carbocycles. The number of hydrogen-bond donors (Lipinski definition) is 1. The van der Waals surface area contributed by atoms with Crippen LogP contribution < -0.4 is 4.72 Å². The summed E-state index contributed by atoms with van der Waals surface area (Å²) in [6.07, 6.45) is 5.38. The van der Waals surface area contributed by atoms with E-state index in [9.17, 15) is 9.00 Å². The van der Waals surface area contributed by atoms with Crippen LogP contribution in [0.25, 0.3) is 0 Å². The predicted octanol–water partition coefficient (Wildman–Crippen LogP) is 6.24. The number of allylic oxidation sites excluding steroid dienone is 1. The van der Waals surface area contributed by atoms with Crippen molar-refractivity contribution in [1.29, 1.82) is 0 Å². The van der Waals surface area contributed by atoms with Gasteiger partial charge in [0.15, 0.2) is 0 Å². The maximum atomic E-state index is 14.0. The number of benzene rings is 1. The Labute approximate surface area is 179 Å². The van der Waals surface area contributed by atoms with E-state index in [0.29, 0.717) is 6.42 Å². The molecule has 29 heavy (non-hydrogen) atoms. The molecule has 0 fully saturated rings. The number of rotatable bonds is 8. The van der Waals surface area contributed by atoms with E-state index < -0.39 is 32.3 Å². The van der Waals surface area contributed by atoms with Crippen molar-refractivity contribution in [3.8, 4) is 0 Å². The Kier molecular flexibility index (Phi) is 8.84. The third-order valence-electron chi connectivity index (χ3n) is 5.42. The zero-order valence-electron chi connectivity index (χ0n) is 19.1. The molecule has 1 N–H and O–H groups in total. The lowest BCUT2D eigenvalue weighted by Crippen LogP contribution is -2.41. The van der Waals surface area contributed by atoms with Gasteiger partial charge >= 0.3 is 6.09 Å². The normalized spacial score (nSPS) is 17.9. The molecule has 0 radical (unpaired) electrons. The lowest BCUT2D eigenvalue weighted by atomic mass is 10.1. The molecule has 4 atom stereocenters. The van der Waals surface area contributed by atoms with Crippen LogP contribution in [0.1, 0.15) is 59.6 Å². The van der Waals surface area contributed by atoms with Gasteiger partial charge in [-0.15, -0.1) is 16.8 Å². The second kappa shape index (κ2) is 10.0. The van der Waals surface area contributed by atoms with Crippen molar-refractivity contribution in [1.82, 2.24) is 4.72 Å². The van der Waals surface area contributed by atoms with Crippen molar-refractivity contribution < 1.29 is 13.7 Å². The van der Waals surface area contributed by atoms with Crippen molar-refractivity contribution >= 4 is 26.2 Å². The third kappa shape index (κ3) is 7.07. The van der Waals surface area contributed by atoms with E-state index >= 15 is 0 Å². The van der Waals surface area contributed by atoms with Crippen molar-refractivity contribution in [2.24, 2.45) is 9.69 Å². The molecule has 0 saturated heterocycles. The Balaban J connectivity index is 3.22. The van der Waals surface area contributed by atoms with Gasteiger partial charge in [0.05, 0.1) is 5.25 Å². The first kappa shape index (κ1) is 25.6. The molecule has 0 heterocycles. The fraction of sp³-hybridized carbons (Fsp3) is 0.591. The molecule has 0 aliphatic carbocycles. The topological polar surface area (TPSA) is 67.8 Å². The summed E-state index contributed by atoms with van der Waals surface area (Å²) in [5.74, 6) is 0.0470. The molecule has 0 aliphatic rings. The molecule has 1 aromatic rings. The number of carbonyl (C=O) groups is 1. The van der Waals surface area contributed by atoms with E-state index in [1.54, 1.807) is 13.0 Å². The fourth-order valence-electron chi connectivity index (χ4n) is 2.43. The first-order valence-electron chi connectivity index (χ1n) is 9.88. The van der Waals surface area contributed by atoms with Gasteiger partial charge in [0.1, 0.15) is 16.0 Å². The zero-order valence-corrected chi connectivity index (χ0v) is 20.7. The Morgan fingerprint density at radius 2 is 1.76 bits per heavy atom. The highest BCUT2D eigenvalue weighted by atomic mass is 32.3. The minimum absolute atomic E-state index is 0.0470. The molecule has 5 nitrogen and oxygen atoms in total. The quantitative estimate of drug-likeness (QED) is 0.485. The minimum atomic E-state index is -3.07. The van der Waals surface area contributed by atoms with Gasteiger partial charge in [0.25, 0.3) is 0 Å². The summed E-state index contributed by atoms with van der Waals surface area (Å²) < 4.78 is 26.8. The molecular formula is C22H38N2O3S2. The molecule has 0 bridgehead atoms. The van der Waals surface area contributed by atoms with E-state index in [-0.39, 0.29) is 15.9 Å². The smallest absolute Gasteiger partial charge is 0.420 e. The maximum absolute atomic E-state index is 14.0. The summed E-state index contributed by atoms with van der Waals surface area (Å²) in [7, 11) is -4.69. The number of amides is 1. The zero-order chi connectivity index (χ0) is 22.5. The van der Waals surface area contributed by atoms with Gasteiger partial charge in [-0.3, -0.25) is 0 Å². The van der Waals surface area contributed by atoms with Gasteiger partial charge in [0.2, 0.25) is 0 Å². The Morgan fingerprint density at radius 3 is 2.24 bits per heavy atom. The first-order valence-corrected chi connectivity index (χ1v) is 13.9. The van der Waals surface area contributed by atoms with E-state index in [4.69, 9.17) is 8.50 Å². The molecule has 1 unspecified atom stereocenters. The van der Waals surface area contributed by atoms with Crippen LogP contribution in [0.4, 0.5) is 4.79 Å². The molecular weight excluding hydrogens is 404 g/mol. The van der Waals surface area contributed by atoms with Crippen molar-refractivity contribution in [3.05, 3.63) is 48.6 Å². The Morgan fingerprint density at radius 1 is 1.21 bits per heavy atom. The maximum Gasteiger partial charge on any atom is 0.420 e. The second-order valence-electron chi connectivity index (χ2n) is 8.80. The van der Waals surface area contributed by atoms with Gasteiger partial charge in [-0.2, -0.15) is 3.77 Å². The summed E-state index contributed by atoms with van der Waals surface area (Å²) in [6.45, 7) is 15.7. The monoisotopic (exact) mass is 442 g/mol. The lowest BCUT2D eigenvalue weighted by molar-refractivity contribution is 0.113. The number of carbonyl (C=O) groups excluding carboxylic acids is 1. The minimum Gasteiger partial charge on any atom is -0.441 e. The van der Waals surface area contributed by atoms with Crippen molar-refractivity contribution in [3.63, 3.8) is 0 Å². The summed E-state index contributed by atoms with van der Waals surface area (Å²) in [5.41, 5.74) is 0.875. The third-order valence-corrected chi connectivity index (χ3v) is 12.7. The van der Waals surface area contributed by atoms with Gasteiger partial charge < -0.3 is 4.74 Å². The van der Waals surface area contributed by atoms with E-state index in [1.165, 1.54) is 0 Å². The highest BCUT2D eigenvalue weighted by Crippen LogP contribution is 2.55. The average molecular weight is 443 g/mol. The van der Waals surface area contributed by atoms with Crippen molar-refractivity contribution in [2.45, 2.75) is 64.1 Å². The summed E-state index contributed by atoms with van der Waals surface area (Å²) in [6, 6.07) is 9.46. The van der Waals surface area contributed by atoms with Crippen LogP contribution in [0, 0.1) is 5.92 Å². The molecule has 1 rings (SSSR count). The van der Waals surface area contributed by atoms with Crippen molar-refractivity contribution in [2.75, 3.05) is 12.5 Å². The second-order valence-corrected chi connectivity index (χ2v) is 15.2. The largest absolute Gasteiger partial charge is 0.441 e. The lowest BCUT2D eigenvalue weighted by Gasteiger charge is -2.41. The Hall–Kier alpha value is -1.47. The highest BCUT2D eigenvalue weighted by molar-refractivity contribution is 8.35. The number of nitrogens with one attached hydrogen (secondary N) is 1. The molecule has 0 aromatic heterocycles. The van der Waals surface area contributed by atoms with Crippen LogP contribution in [0.3, 0.4) is 0 Å². The van der Waals surface area contributed by atoms with E-state index in [0.717, 1.165) is 5.56 Å². The van der Waals surface area contributed by atoms with Gasteiger partial charge in [0, 0.05) is 4.75 Å². The summed E-state index contributed by atoms with van der Waals surface area (Å²) in [4.78, 5) is 12.7. The van der Waals surface area contributed by atoms with Crippen LogP contribution in [-0.4, -0.2) is 32.8 Å². The molecule has 166 valence electrons. The first-order chi connectivity index (χ1) is 13.2. The molecule has 7 heteroatoms. The van der Waals surface area contributed by atoms with Gasteiger partial charge in [-0.1, -0.05) is 64.1 Å². The van der Waals surface area contributed by atoms with Gasteiger partial charge in [-0.25, -0.2) is 13.7 Å². The molecule has 0 aliphatic heterocycles. The van der Waals surface area contributed by atoms with E-state index in [1.807, 2.05) is 56.7 Å². The van der Waals surface area contributed by atoms with Gasteiger partial charge in [-0.05, 0) is 44.3 Å². The van der Waals surface area contributed by atoms with Crippen LogP contribution >= 0.6 is 10.2 Å². The molecule has 0 saturated carbocycles. The van der Waals surface area contributed by atoms with Crippen LogP contribution in [-0.2, 0) is 14.7 Å². The number of nitrogens with zero attached hydrogens (tertiary/aromatic N) is 1. The standard InChI is InChI=1S/C22H38N2O3S2/c1-10-14-17(2)19(4)29(26,24-28(8,9)22(5,6)7)23-21(25)27-18(3)20-15-12-11-13-16-20/h10-13,15-19H,1,14H2,2-9H3,(H,23,24,25,26)/t17-,18-,19+,29?/m0/s1. The van der Waals surface area contributed by atoms with Crippen LogP contribution in [0.2, 0.25) is 0 Å². The predicted molar refractivity (Wildman–Crippen MR) is 128 cm³/mol. The molecule has 0 spiro atoms.